The highest BCUT2D eigenvalue weighted by Gasteiger charge is 2.22. The molecule has 35 heavy (non-hydrogen) atoms. The van der Waals surface area contributed by atoms with Crippen LogP contribution in [0.5, 0.6) is 11.5 Å². The van der Waals surface area contributed by atoms with Gasteiger partial charge in [0.1, 0.15) is 19.0 Å². The number of thioether (sulfide) groups is 1. The summed E-state index contributed by atoms with van der Waals surface area (Å²) >= 11 is 1.33. The van der Waals surface area contributed by atoms with Crippen LogP contribution in [0.1, 0.15) is 6.92 Å². The third kappa shape index (κ3) is 4.04. The van der Waals surface area contributed by atoms with Gasteiger partial charge in [-0.1, -0.05) is 54.2 Å². The summed E-state index contributed by atoms with van der Waals surface area (Å²) in [6, 6.07) is 23.2. The molecule has 174 valence electrons. The van der Waals surface area contributed by atoms with Crippen LogP contribution < -0.4 is 14.8 Å². The average Bonchev–Trinajstić information content (AvgIpc) is 3.32. The summed E-state index contributed by atoms with van der Waals surface area (Å²) in [4.78, 5) is 17.9. The van der Waals surface area contributed by atoms with E-state index in [2.05, 4.69) is 15.5 Å². The van der Waals surface area contributed by atoms with Crippen molar-refractivity contribution in [3.05, 3.63) is 72.8 Å². The molecule has 1 unspecified atom stereocenters. The van der Waals surface area contributed by atoms with E-state index in [1.807, 2.05) is 65.9 Å². The predicted molar refractivity (Wildman–Crippen MR) is 135 cm³/mol. The van der Waals surface area contributed by atoms with Crippen molar-refractivity contribution in [2.24, 2.45) is 0 Å². The number of carbonyl (C=O) groups excluding carboxylic acids is 1. The molecule has 0 fully saturated rings. The summed E-state index contributed by atoms with van der Waals surface area (Å²) < 4.78 is 13.1. The summed E-state index contributed by atoms with van der Waals surface area (Å²) in [5.41, 5.74) is 3.14. The van der Waals surface area contributed by atoms with E-state index < -0.39 is 5.25 Å². The Hall–Kier alpha value is -4.11. The lowest BCUT2D eigenvalue weighted by Crippen LogP contribution is -2.23. The maximum Gasteiger partial charge on any atom is 0.237 e. The minimum Gasteiger partial charge on any atom is -0.486 e. The molecule has 8 nitrogen and oxygen atoms in total. The number of ether oxygens (including phenoxy) is 2. The molecule has 1 amide bonds. The highest BCUT2D eigenvalue weighted by Crippen LogP contribution is 2.34. The van der Waals surface area contributed by atoms with Gasteiger partial charge >= 0.3 is 0 Å². The summed E-state index contributed by atoms with van der Waals surface area (Å²) in [5, 5.41) is 12.9. The van der Waals surface area contributed by atoms with Gasteiger partial charge in [-0.05, 0) is 31.2 Å². The zero-order chi connectivity index (χ0) is 23.8. The lowest BCUT2D eigenvalue weighted by Gasteiger charge is -2.19. The second-order valence-corrected chi connectivity index (χ2v) is 9.38. The molecule has 6 rings (SSSR count). The van der Waals surface area contributed by atoms with Crippen LogP contribution in [0.2, 0.25) is 0 Å². The second kappa shape index (κ2) is 8.92. The Morgan fingerprint density at radius 3 is 2.60 bits per heavy atom. The maximum atomic E-state index is 13.0. The number of nitrogens with zero attached hydrogens (tertiary/aromatic N) is 4. The Labute approximate surface area is 205 Å². The van der Waals surface area contributed by atoms with Crippen molar-refractivity contribution in [2.45, 2.75) is 17.3 Å². The molecule has 1 N–H and O–H groups in total. The largest absolute Gasteiger partial charge is 0.486 e. The van der Waals surface area contributed by atoms with Crippen LogP contribution in [0.3, 0.4) is 0 Å². The van der Waals surface area contributed by atoms with Gasteiger partial charge in [0.15, 0.2) is 22.3 Å². The summed E-state index contributed by atoms with van der Waals surface area (Å²) in [6.07, 6.45) is 0. The molecule has 1 atom stereocenters. The van der Waals surface area contributed by atoms with E-state index in [1.165, 1.54) is 11.8 Å². The molecule has 1 aliphatic heterocycles. The maximum absolute atomic E-state index is 13.0. The quantitative estimate of drug-likeness (QED) is 0.358. The summed E-state index contributed by atoms with van der Waals surface area (Å²) in [6.45, 7) is 2.85. The highest BCUT2D eigenvalue weighted by atomic mass is 32.2. The molecule has 5 aromatic rings. The molecule has 1 aliphatic rings. The first-order valence-electron chi connectivity index (χ1n) is 11.2. The van der Waals surface area contributed by atoms with Crippen molar-refractivity contribution in [1.82, 2.24) is 19.6 Å². The van der Waals surface area contributed by atoms with Crippen molar-refractivity contribution in [1.29, 1.82) is 0 Å². The first-order valence-corrected chi connectivity index (χ1v) is 12.1. The third-order valence-corrected chi connectivity index (χ3v) is 6.75. The van der Waals surface area contributed by atoms with Gasteiger partial charge in [0.25, 0.3) is 0 Å². The van der Waals surface area contributed by atoms with Crippen molar-refractivity contribution in [3.8, 4) is 22.9 Å². The van der Waals surface area contributed by atoms with Gasteiger partial charge in [-0.2, -0.15) is 0 Å². The van der Waals surface area contributed by atoms with Crippen molar-refractivity contribution in [2.75, 3.05) is 18.5 Å². The zero-order valence-electron chi connectivity index (χ0n) is 18.8. The van der Waals surface area contributed by atoms with E-state index >= 15 is 0 Å². The number of benzene rings is 3. The minimum absolute atomic E-state index is 0.154. The standard InChI is InChI=1S/C26H21N5O3S/c1-16(25(32)27-18-11-12-21-22(15-18)34-14-13-33-21)35-26-30-29-24-19-9-5-6-10-20(19)28-23(31(24)26)17-7-3-2-4-8-17/h2-12,15-16H,13-14H2,1H3,(H,27,32). The number of nitrogens with one attached hydrogen (secondary N) is 1. The van der Waals surface area contributed by atoms with Gasteiger partial charge in [0.05, 0.1) is 10.8 Å². The number of hydrogen-bond donors (Lipinski definition) is 1. The first-order chi connectivity index (χ1) is 17.2. The molecule has 0 radical (unpaired) electrons. The summed E-state index contributed by atoms with van der Waals surface area (Å²) in [5.74, 6) is 1.88. The lowest BCUT2D eigenvalue weighted by molar-refractivity contribution is -0.115. The fraction of sp³-hybridized carbons (Fsp3) is 0.154. The molecule has 2 aromatic heterocycles. The number of amides is 1. The third-order valence-electron chi connectivity index (χ3n) is 5.71. The number of fused-ring (bicyclic) bond motifs is 4. The van der Waals surface area contributed by atoms with E-state index in [0.717, 1.165) is 22.3 Å². The van der Waals surface area contributed by atoms with E-state index in [-0.39, 0.29) is 5.91 Å². The SMILES string of the molecule is CC(Sc1nnc2c3ccccc3nc(-c3ccccc3)n12)C(=O)Nc1ccc2c(c1)OCCO2. The molecular weight excluding hydrogens is 462 g/mol. The predicted octanol–water partition coefficient (Wildman–Crippen LogP) is 4.84. The van der Waals surface area contributed by atoms with Crippen molar-refractivity contribution < 1.29 is 14.3 Å². The van der Waals surface area contributed by atoms with E-state index in [4.69, 9.17) is 14.5 Å². The van der Waals surface area contributed by atoms with Gasteiger partial charge in [-0.25, -0.2) is 4.98 Å². The van der Waals surface area contributed by atoms with Crippen molar-refractivity contribution in [3.63, 3.8) is 0 Å². The Kier molecular flexibility index (Phi) is 5.46. The van der Waals surface area contributed by atoms with E-state index in [1.54, 1.807) is 18.2 Å². The van der Waals surface area contributed by atoms with E-state index in [9.17, 15) is 4.79 Å². The fourth-order valence-electron chi connectivity index (χ4n) is 3.99. The Bertz CT molecular complexity index is 1550. The number of carbonyl (C=O) groups is 1. The molecule has 0 aliphatic carbocycles. The molecule has 0 saturated heterocycles. The smallest absolute Gasteiger partial charge is 0.237 e. The number of rotatable bonds is 5. The van der Waals surface area contributed by atoms with Gasteiger partial charge in [-0.3, -0.25) is 9.20 Å². The molecule has 0 bridgehead atoms. The minimum atomic E-state index is -0.439. The van der Waals surface area contributed by atoms with Gasteiger partial charge < -0.3 is 14.8 Å². The Morgan fingerprint density at radius 2 is 1.74 bits per heavy atom. The molecule has 3 heterocycles. The fourth-order valence-corrected chi connectivity index (χ4v) is 4.84. The van der Waals surface area contributed by atoms with Crippen LogP contribution in [0.15, 0.2) is 78.0 Å². The van der Waals surface area contributed by atoms with Gasteiger partial charge in [-0.15, -0.1) is 10.2 Å². The lowest BCUT2D eigenvalue weighted by atomic mass is 10.2. The Balaban J connectivity index is 1.33. The molecule has 3 aromatic carbocycles. The number of anilines is 1. The van der Waals surface area contributed by atoms with Crippen LogP contribution in [0, 0.1) is 0 Å². The van der Waals surface area contributed by atoms with Crippen molar-refractivity contribution >= 4 is 39.9 Å². The number of hydrogen-bond acceptors (Lipinski definition) is 7. The molecular formula is C26H21N5O3S. The monoisotopic (exact) mass is 483 g/mol. The Morgan fingerprint density at radius 1 is 0.971 bits per heavy atom. The molecule has 0 saturated carbocycles. The first kappa shape index (κ1) is 21.4. The van der Waals surface area contributed by atoms with Crippen LogP contribution in [-0.2, 0) is 4.79 Å². The zero-order valence-corrected chi connectivity index (χ0v) is 19.7. The molecule has 0 spiro atoms. The van der Waals surface area contributed by atoms with Crippen LogP contribution in [0.4, 0.5) is 5.69 Å². The number of para-hydroxylation sites is 1. The number of aromatic nitrogens is 4. The van der Waals surface area contributed by atoms with E-state index in [0.29, 0.717) is 41.2 Å². The highest BCUT2D eigenvalue weighted by molar-refractivity contribution is 8.00. The van der Waals surface area contributed by atoms with Gasteiger partial charge in [0.2, 0.25) is 5.91 Å². The van der Waals surface area contributed by atoms with Crippen LogP contribution in [-0.4, -0.2) is 44.0 Å². The van der Waals surface area contributed by atoms with Crippen LogP contribution >= 0.6 is 11.8 Å². The molecule has 9 heteroatoms. The summed E-state index contributed by atoms with van der Waals surface area (Å²) in [7, 11) is 0. The average molecular weight is 484 g/mol. The normalized spacial score (nSPS) is 13.6. The van der Waals surface area contributed by atoms with Crippen LogP contribution in [0.25, 0.3) is 27.9 Å². The topological polar surface area (TPSA) is 90.6 Å². The second-order valence-electron chi connectivity index (χ2n) is 8.07. The van der Waals surface area contributed by atoms with Gasteiger partial charge in [0, 0.05) is 22.7 Å².